The molecule has 6 heteroatoms. The average molecular weight is 1120 g/mol. The largest absolute Gasteiger partial charge is 0.462 e. The molecule has 6 nitrogen and oxygen atoms in total. The van der Waals surface area contributed by atoms with Gasteiger partial charge in [0.25, 0.3) is 0 Å². The smallest absolute Gasteiger partial charge is 0.306 e. The predicted molar refractivity (Wildman–Crippen MR) is 348 cm³/mol. The van der Waals surface area contributed by atoms with Gasteiger partial charge in [0.1, 0.15) is 13.2 Å². The Morgan fingerprint density at radius 1 is 0.263 bits per heavy atom. The van der Waals surface area contributed by atoms with Gasteiger partial charge in [0, 0.05) is 19.3 Å². The highest BCUT2D eigenvalue weighted by Gasteiger charge is 2.19. The minimum Gasteiger partial charge on any atom is -0.462 e. The summed E-state index contributed by atoms with van der Waals surface area (Å²) in [7, 11) is 0. The fourth-order valence-corrected chi connectivity index (χ4v) is 10.0. The number of allylic oxidation sites excluding steroid dienone is 14. The normalized spacial score (nSPS) is 12.6. The zero-order valence-electron chi connectivity index (χ0n) is 53.1. The maximum Gasteiger partial charge on any atom is 0.306 e. The number of carbonyl (C=O) groups excluding carboxylic acids is 3. The number of unbranched alkanes of at least 4 members (excludes halogenated alkanes) is 38. The van der Waals surface area contributed by atoms with E-state index in [0.717, 1.165) is 89.9 Å². The van der Waals surface area contributed by atoms with Crippen molar-refractivity contribution in [3.05, 3.63) is 85.1 Å². The molecule has 0 rings (SSSR count). The van der Waals surface area contributed by atoms with Crippen LogP contribution in [0.1, 0.15) is 348 Å². The Morgan fingerprint density at radius 3 is 0.750 bits per heavy atom. The van der Waals surface area contributed by atoms with E-state index >= 15 is 0 Å². The molecule has 0 aliphatic heterocycles. The number of ether oxygens (including phenoxy) is 3. The first-order chi connectivity index (χ1) is 39.5. The third kappa shape index (κ3) is 65.4. The lowest BCUT2D eigenvalue weighted by Crippen LogP contribution is -2.30. The Labute approximate surface area is 496 Å². The Balaban J connectivity index is 4.27. The van der Waals surface area contributed by atoms with Crippen LogP contribution in [0.15, 0.2) is 85.1 Å². The molecule has 0 N–H and O–H groups in total. The van der Waals surface area contributed by atoms with Crippen molar-refractivity contribution in [2.24, 2.45) is 0 Å². The Morgan fingerprint density at radius 2 is 0.487 bits per heavy atom. The summed E-state index contributed by atoms with van der Waals surface area (Å²) >= 11 is 0. The quantitative estimate of drug-likeness (QED) is 0.0261. The summed E-state index contributed by atoms with van der Waals surface area (Å²) in [5, 5.41) is 0. The van der Waals surface area contributed by atoms with E-state index in [0.29, 0.717) is 19.3 Å². The van der Waals surface area contributed by atoms with E-state index < -0.39 is 6.10 Å². The maximum absolute atomic E-state index is 12.9. The molecule has 0 aromatic carbocycles. The second-order valence-corrected chi connectivity index (χ2v) is 23.1. The van der Waals surface area contributed by atoms with Crippen LogP contribution in [0.4, 0.5) is 0 Å². The van der Waals surface area contributed by atoms with E-state index in [1.54, 1.807) is 0 Å². The van der Waals surface area contributed by atoms with Crippen molar-refractivity contribution < 1.29 is 28.6 Å². The first-order valence-electron chi connectivity index (χ1n) is 34.6. The molecular weight excluding hydrogens is 985 g/mol. The Kier molecular flexibility index (Phi) is 65.2. The molecule has 0 saturated carbocycles. The van der Waals surface area contributed by atoms with Crippen molar-refractivity contribution in [1.29, 1.82) is 0 Å². The first-order valence-corrected chi connectivity index (χ1v) is 34.6. The van der Waals surface area contributed by atoms with Crippen molar-refractivity contribution in [3.63, 3.8) is 0 Å². The molecular formula is C74H130O6. The van der Waals surface area contributed by atoms with Gasteiger partial charge in [-0.15, -0.1) is 0 Å². The number of rotatable bonds is 63. The highest BCUT2D eigenvalue weighted by Crippen LogP contribution is 2.18. The number of carbonyl (C=O) groups is 3. The summed E-state index contributed by atoms with van der Waals surface area (Å²) in [5.74, 6) is -0.940. The van der Waals surface area contributed by atoms with Crippen molar-refractivity contribution in [2.45, 2.75) is 354 Å². The molecule has 80 heavy (non-hydrogen) atoms. The van der Waals surface area contributed by atoms with Crippen LogP contribution >= 0.6 is 0 Å². The number of hydrogen-bond donors (Lipinski definition) is 0. The molecule has 0 amide bonds. The van der Waals surface area contributed by atoms with Gasteiger partial charge in [0.15, 0.2) is 6.10 Å². The fraction of sp³-hybridized carbons (Fsp3) is 0.770. The lowest BCUT2D eigenvalue weighted by atomic mass is 10.0. The van der Waals surface area contributed by atoms with E-state index in [1.807, 2.05) is 0 Å². The molecule has 0 saturated heterocycles. The summed E-state index contributed by atoms with van der Waals surface area (Å²) in [5.41, 5.74) is 0. The molecule has 0 heterocycles. The minimum absolute atomic E-state index is 0.0955. The lowest BCUT2D eigenvalue weighted by Gasteiger charge is -2.18. The molecule has 1 atom stereocenters. The van der Waals surface area contributed by atoms with Gasteiger partial charge in [-0.2, -0.15) is 0 Å². The summed E-state index contributed by atoms with van der Waals surface area (Å²) < 4.78 is 16.9. The molecule has 0 aromatic heterocycles. The monoisotopic (exact) mass is 1110 g/mol. The van der Waals surface area contributed by atoms with Crippen molar-refractivity contribution in [2.75, 3.05) is 13.2 Å². The standard InChI is InChI=1S/C74H130O6/c1-4-7-10-13-16-19-22-24-26-28-30-32-34-35-36-37-38-40-41-43-45-47-49-52-55-58-61-64-67-73(76)79-70-71(69-78-72(75)66-63-60-57-54-51-21-18-15-12-9-6-3)80-74(77)68-65-62-59-56-53-50-48-46-44-42-39-33-31-29-27-25-23-20-17-14-11-8-5-2/h8,11,17,20,25,27,31,33,42,44,48,50,56,59,71H,4-7,9-10,12-16,18-19,21-24,26,28-30,32,34-41,43,45-47,49,51-55,57-58,60-70H2,1-3H3/b11-8-,20-17-,27-25-,33-31-,44-42-,50-48-,59-56-. The second-order valence-electron chi connectivity index (χ2n) is 23.1. The molecule has 0 radical (unpaired) electrons. The third-order valence-corrected chi connectivity index (χ3v) is 15.2. The van der Waals surface area contributed by atoms with Crippen LogP contribution in [0.3, 0.4) is 0 Å². The summed E-state index contributed by atoms with van der Waals surface area (Å²) in [6.07, 6.45) is 90.6. The predicted octanol–water partition coefficient (Wildman–Crippen LogP) is 23.8. The van der Waals surface area contributed by atoms with Gasteiger partial charge in [-0.1, -0.05) is 343 Å². The maximum atomic E-state index is 12.9. The van der Waals surface area contributed by atoms with Gasteiger partial charge in [0.05, 0.1) is 0 Å². The van der Waals surface area contributed by atoms with Crippen LogP contribution < -0.4 is 0 Å². The lowest BCUT2D eigenvalue weighted by molar-refractivity contribution is -0.167. The van der Waals surface area contributed by atoms with Crippen molar-refractivity contribution >= 4 is 17.9 Å². The molecule has 462 valence electrons. The molecule has 0 aliphatic carbocycles. The van der Waals surface area contributed by atoms with Gasteiger partial charge >= 0.3 is 17.9 Å². The highest BCUT2D eigenvalue weighted by molar-refractivity contribution is 5.71. The second kappa shape index (κ2) is 68.1. The van der Waals surface area contributed by atoms with E-state index in [-0.39, 0.29) is 37.5 Å². The van der Waals surface area contributed by atoms with Crippen molar-refractivity contribution in [3.8, 4) is 0 Å². The van der Waals surface area contributed by atoms with E-state index in [2.05, 4.69) is 106 Å². The SMILES string of the molecule is CC/C=C\C/C=C\C/C=C\C/C=C\C/C=C\C/C=C\C/C=C\CCCC(=O)OC(COC(=O)CCCCCCCCCCCCC)COC(=O)CCCCCCCCCCCCCCCCCCCCCCCCCCCCCC. The first kappa shape index (κ1) is 76.6. The topological polar surface area (TPSA) is 78.9 Å². The van der Waals surface area contributed by atoms with Gasteiger partial charge < -0.3 is 14.2 Å². The molecule has 1 unspecified atom stereocenters. The van der Waals surface area contributed by atoms with Crippen LogP contribution in [0.25, 0.3) is 0 Å². The zero-order valence-corrected chi connectivity index (χ0v) is 53.1. The van der Waals surface area contributed by atoms with Gasteiger partial charge in [-0.3, -0.25) is 14.4 Å². The Bertz CT molecular complexity index is 1520. The van der Waals surface area contributed by atoms with Gasteiger partial charge in [-0.05, 0) is 70.6 Å². The van der Waals surface area contributed by atoms with Crippen molar-refractivity contribution in [1.82, 2.24) is 0 Å². The molecule has 0 fully saturated rings. The summed E-state index contributed by atoms with van der Waals surface area (Å²) in [6.45, 7) is 6.52. The Hall–Kier alpha value is -3.41. The van der Waals surface area contributed by atoms with Crippen LogP contribution in [-0.4, -0.2) is 37.2 Å². The van der Waals surface area contributed by atoms with Gasteiger partial charge in [-0.25, -0.2) is 0 Å². The van der Waals surface area contributed by atoms with Crippen LogP contribution in [-0.2, 0) is 28.6 Å². The van der Waals surface area contributed by atoms with E-state index in [4.69, 9.17) is 14.2 Å². The zero-order chi connectivity index (χ0) is 57.8. The average Bonchev–Trinajstić information content (AvgIpc) is 3.46. The van der Waals surface area contributed by atoms with Crippen LogP contribution in [0.5, 0.6) is 0 Å². The molecule has 0 aromatic rings. The molecule has 0 aliphatic rings. The summed E-state index contributed by atoms with van der Waals surface area (Å²) in [6, 6.07) is 0. The number of hydrogen-bond acceptors (Lipinski definition) is 6. The van der Waals surface area contributed by atoms with Gasteiger partial charge in [0.2, 0.25) is 0 Å². The molecule has 0 spiro atoms. The highest BCUT2D eigenvalue weighted by atomic mass is 16.6. The fourth-order valence-electron chi connectivity index (χ4n) is 10.0. The summed E-state index contributed by atoms with van der Waals surface area (Å²) in [4.78, 5) is 38.3. The van der Waals surface area contributed by atoms with Crippen LogP contribution in [0, 0.1) is 0 Å². The minimum atomic E-state index is -0.806. The van der Waals surface area contributed by atoms with E-state index in [1.165, 1.54) is 212 Å². The van der Waals surface area contributed by atoms with E-state index in [9.17, 15) is 14.4 Å². The third-order valence-electron chi connectivity index (χ3n) is 15.2. The number of esters is 3. The molecule has 0 bridgehead atoms. The van der Waals surface area contributed by atoms with Crippen LogP contribution in [0.2, 0.25) is 0 Å².